The molecule has 0 bridgehead atoms. The first-order valence-corrected chi connectivity index (χ1v) is 7.97. The van der Waals surface area contributed by atoms with Crippen molar-refractivity contribution in [2.24, 2.45) is 0 Å². The van der Waals surface area contributed by atoms with E-state index in [2.05, 4.69) is 5.32 Å². The molecular formula is C17H14Cl2N2O2. The molecule has 118 valence electrons. The van der Waals surface area contributed by atoms with E-state index in [1.807, 2.05) is 24.3 Å². The number of benzene rings is 2. The maximum atomic E-state index is 12.5. The number of hydrogen-bond donors (Lipinski definition) is 1. The summed E-state index contributed by atoms with van der Waals surface area (Å²) in [6.07, 6.45) is 1.74. The van der Waals surface area contributed by atoms with E-state index in [-0.39, 0.29) is 0 Å². The molecule has 2 amide bonds. The quantitative estimate of drug-likeness (QED) is 0.794. The van der Waals surface area contributed by atoms with Crippen LogP contribution in [0.25, 0.3) is 0 Å². The second-order valence-corrected chi connectivity index (χ2v) is 6.17. The zero-order chi connectivity index (χ0) is 16.4. The van der Waals surface area contributed by atoms with Gasteiger partial charge in [-0.15, -0.1) is 0 Å². The van der Waals surface area contributed by atoms with Gasteiger partial charge in [0, 0.05) is 28.0 Å². The number of carbonyl (C=O) groups excluding carboxylic acids is 2. The van der Waals surface area contributed by atoms with Crippen LogP contribution in [0.2, 0.25) is 10.0 Å². The second kappa shape index (κ2) is 6.60. The Morgan fingerprint density at radius 2 is 1.74 bits per heavy atom. The number of nitrogens with zero attached hydrogens (tertiary/aromatic N) is 1. The summed E-state index contributed by atoms with van der Waals surface area (Å²) < 4.78 is 0. The lowest BCUT2D eigenvalue weighted by Gasteiger charge is -2.28. The predicted octanol–water partition coefficient (Wildman–Crippen LogP) is 3.91. The first-order valence-electron chi connectivity index (χ1n) is 7.21. The minimum absolute atomic E-state index is 0.392. The Kier molecular flexibility index (Phi) is 4.55. The molecule has 2 aromatic rings. The summed E-state index contributed by atoms with van der Waals surface area (Å²) in [5.74, 6) is -1.30. The second-order valence-electron chi connectivity index (χ2n) is 5.30. The van der Waals surface area contributed by atoms with Gasteiger partial charge in [-0.1, -0.05) is 41.4 Å². The molecule has 0 spiro atoms. The average molecular weight is 349 g/mol. The van der Waals surface area contributed by atoms with E-state index in [9.17, 15) is 9.59 Å². The monoisotopic (exact) mass is 348 g/mol. The number of anilines is 2. The van der Waals surface area contributed by atoms with Gasteiger partial charge in [0.2, 0.25) is 0 Å². The Hall–Kier alpha value is -2.04. The summed E-state index contributed by atoms with van der Waals surface area (Å²) in [7, 11) is 0. The van der Waals surface area contributed by atoms with Crippen LogP contribution < -0.4 is 10.2 Å². The van der Waals surface area contributed by atoms with Crippen LogP contribution >= 0.6 is 23.2 Å². The van der Waals surface area contributed by atoms with Gasteiger partial charge in [-0.2, -0.15) is 0 Å². The van der Waals surface area contributed by atoms with Crippen molar-refractivity contribution in [3.05, 3.63) is 58.1 Å². The van der Waals surface area contributed by atoms with Crippen LogP contribution in [0.4, 0.5) is 11.4 Å². The standard InChI is InChI=1S/C17H14Cl2N2O2/c18-12-8-13(19)10-14(9-12)20-16(22)17(23)21-7-3-5-11-4-1-2-6-15(11)21/h1-2,4,6,8-10H,3,5,7H2,(H,20,22). The maximum Gasteiger partial charge on any atom is 0.316 e. The molecule has 0 radical (unpaired) electrons. The summed E-state index contributed by atoms with van der Waals surface area (Å²) >= 11 is 11.8. The molecule has 1 N–H and O–H groups in total. The number of aryl methyl sites for hydroxylation is 1. The third-order valence-electron chi connectivity index (χ3n) is 3.67. The summed E-state index contributed by atoms with van der Waals surface area (Å²) in [5.41, 5.74) is 2.26. The normalized spacial score (nSPS) is 13.4. The molecule has 2 aromatic carbocycles. The molecule has 0 aromatic heterocycles. The number of nitrogens with one attached hydrogen (secondary N) is 1. The van der Waals surface area contributed by atoms with E-state index < -0.39 is 11.8 Å². The molecule has 0 aliphatic carbocycles. The number of hydrogen-bond acceptors (Lipinski definition) is 2. The molecule has 0 fully saturated rings. The van der Waals surface area contributed by atoms with Crippen LogP contribution in [0.3, 0.4) is 0 Å². The average Bonchev–Trinajstić information content (AvgIpc) is 2.52. The summed E-state index contributed by atoms with van der Waals surface area (Å²) in [6.45, 7) is 0.527. The summed E-state index contributed by atoms with van der Waals surface area (Å²) in [6, 6.07) is 12.3. The van der Waals surface area contributed by atoms with E-state index in [4.69, 9.17) is 23.2 Å². The minimum atomic E-state index is -0.708. The topological polar surface area (TPSA) is 49.4 Å². The molecule has 23 heavy (non-hydrogen) atoms. The Labute approximate surface area is 144 Å². The lowest BCUT2D eigenvalue weighted by molar-refractivity contribution is -0.134. The van der Waals surface area contributed by atoms with Gasteiger partial charge >= 0.3 is 11.8 Å². The summed E-state index contributed by atoms with van der Waals surface area (Å²) in [4.78, 5) is 26.3. The number of fused-ring (bicyclic) bond motifs is 1. The van der Waals surface area contributed by atoms with Crippen molar-refractivity contribution in [1.29, 1.82) is 0 Å². The number of halogens is 2. The summed E-state index contributed by atoms with van der Waals surface area (Å²) in [5, 5.41) is 3.34. The third kappa shape index (κ3) is 3.49. The Balaban J connectivity index is 1.79. The fraction of sp³-hybridized carbons (Fsp3) is 0.176. The van der Waals surface area contributed by atoms with Crippen molar-refractivity contribution in [3.63, 3.8) is 0 Å². The molecule has 1 aliphatic rings. The van der Waals surface area contributed by atoms with E-state index in [1.165, 1.54) is 4.90 Å². The van der Waals surface area contributed by atoms with Gasteiger partial charge in [-0.05, 0) is 42.7 Å². The Morgan fingerprint density at radius 3 is 2.48 bits per heavy atom. The van der Waals surface area contributed by atoms with Crippen molar-refractivity contribution in [2.75, 3.05) is 16.8 Å². The van der Waals surface area contributed by atoms with Crippen molar-refractivity contribution in [1.82, 2.24) is 0 Å². The van der Waals surface area contributed by atoms with Crippen LogP contribution in [0.15, 0.2) is 42.5 Å². The van der Waals surface area contributed by atoms with E-state index >= 15 is 0 Å². The van der Waals surface area contributed by atoms with E-state index in [0.717, 1.165) is 24.1 Å². The van der Waals surface area contributed by atoms with Crippen LogP contribution in [0.5, 0.6) is 0 Å². The highest BCUT2D eigenvalue weighted by molar-refractivity contribution is 6.44. The van der Waals surface area contributed by atoms with Gasteiger partial charge in [-0.3, -0.25) is 9.59 Å². The van der Waals surface area contributed by atoms with Crippen LogP contribution in [0, 0.1) is 0 Å². The largest absolute Gasteiger partial charge is 0.318 e. The molecular weight excluding hydrogens is 335 g/mol. The van der Waals surface area contributed by atoms with Crippen molar-refractivity contribution >= 4 is 46.4 Å². The molecule has 0 saturated carbocycles. The maximum absolute atomic E-state index is 12.5. The van der Waals surface area contributed by atoms with E-state index in [0.29, 0.717) is 22.3 Å². The number of rotatable bonds is 1. The molecule has 0 atom stereocenters. The Bertz CT molecular complexity index is 757. The first kappa shape index (κ1) is 15.8. The van der Waals surface area contributed by atoms with Gasteiger partial charge < -0.3 is 10.2 Å². The lowest BCUT2D eigenvalue weighted by atomic mass is 10.0. The lowest BCUT2D eigenvalue weighted by Crippen LogP contribution is -2.42. The molecule has 3 rings (SSSR count). The SMILES string of the molecule is O=C(Nc1cc(Cl)cc(Cl)c1)C(=O)N1CCCc2ccccc21. The fourth-order valence-corrected chi connectivity index (χ4v) is 3.20. The highest BCUT2D eigenvalue weighted by atomic mass is 35.5. The fourth-order valence-electron chi connectivity index (χ4n) is 2.68. The highest BCUT2D eigenvalue weighted by Crippen LogP contribution is 2.27. The van der Waals surface area contributed by atoms with Crippen molar-refractivity contribution in [3.8, 4) is 0 Å². The van der Waals surface area contributed by atoms with Gasteiger partial charge in [0.25, 0.3) is 0 Å². The van der Waals surface area contributed by atoms with Gasteiger partial charge in [-0.25, -0.2) is 0 Å². The third-order valence-corrected chi connectivity index (χ3v) is 4.11. The molecule has 0 saturated heterocycles. The molecule has 6 heteroatoms. The zero-order valence-electron chi connectivity index (χ0n) is 12.2. The first-order chi connectivity index (χ1) is 11.0. The van der Waals surface area contributed by atoms with Crippen LogP contribution in [-0.4, -0.2) is 18.4 Å². The molecule has 1 aliphatic heterocycles. The zero-order valence-corrected chi connectivity index (χ0v) is 13.7. The molecule has 0 unspecified atom stereocenters. The predicted molar refractivity (Wildman–Crippen MR) is 92.2 cm³/mol. The van der Waals surface area contributed by atoms with Crippen LogP contribution in [0.1, 0.15) is 12.0 Å². The van der Waals surface area contributed by atoms with Gasteiger partial charge in [0.15, 0.2) is 0 Å². The highest BCUT2D eigenvalue weighted by Gasteiger charge is 2.27. The number of amides is 2. The van der Waals surface area contributed by atoms with Crippen molar-refractivity contribution in [2.45, 2.75) is 12.8 Å². The molecule has 1 heterocycles. The van der Waals surface area contributed by atoms with Crippen LogP contribution in [-0.2, 0) is 16.0 Å². The van der Waals surface area contributed by atoms with E-state index in [1.54, 1.807) is 18.2 Å². The number of para-hydroxylation sites is 1. The van der Waals surface area contributed by atoms with Gasteiger partial charge in [0.1, 0.15) is 0 Å². The number of carbonyl (C=O) groups is 2. The smallest absolute Gasteiger partial charge is 0.316 e. The van der Waals surface area contributed by atoms with Gasteiger partial charge in [0.05, 0.1) is 0 Å². The van der Waals surface area contributed by atoms with Crippen molar-refractivity contribution < 1.29 is 9.59 Å². The Morgan fingerprint density at radius 1 is 1.04 bits per heavy atom. The minimum Gasteiger partial charge on any atom is -0.318 e. The molecule has 4 nitrogen and oxygen atoms in total.